The van der Waals surface area contributed by atoms with Crippen LogP contribution in [0.3, 0.4) is 0 Å². The minimum atomic E-state index is -0.548. The molecule has 0 aromatic heterocycles. The molecular formula is C15H18N2O6. The lowest BCUT2D eigenvalue weighted by atomic mass is 10.2. The molecule has 1 aromatic carbocycles. The van der Waals surface area contributed by atoms with E-state index in [-0.39, 0.29) is 25.7 Å². The lowest BCUT2D eigenvalue weighted by Gasteiger charge is -2.28. The Hall–Kier alpha value is -2.32. The van der Waals surface area contributed by atoms with E-state index >= 15 is 0 Å². The van der Waals surface area contributed by atoms with E-state index in [9.17, 15) is 9.59 Å². The first-order valence-electron chi connectivity index (χ1n) is 7.29. The van der Waals surface area contributed by atoms with Gasteiger partial charge < -0.3 is 24.2 Å². The normalized spacial score (nSPS) is 21.6. The van der Waals surface area contributed by atoms with Crippen molar-refractivity contribution in [3.63, 3.8) is 0 Å². The molecule has 1 unspecified atom stereocenters. The number of hydrogen-bond donors (Lipinski definition) is 1. The van der Waals surface area contributed by atoms with Crippen LogP contribution in [0.2, 0.25) is 0 Å². The number of amides is 2. The molecule has 2 aliphatic rings. The summed E-state index contributed by atoms with van der Waals surface area (Å²) in [5.74, 6) is 0.337. The molecule has 124 valence electrons. The number of ether oxygens (including phenoxy) is 3. The largest absolute Gasteiger partial charge is 0.494 e. The predicted octanol–water partition coefficient (Wildman–Crippen LogP) is 0.376. The molecule has 2 heterocycles. The van der Waals surface area contributed by atoms with Gasteiger partial charge in [0.25, 0.3) is 5.91 Å². The van der Waals surface area contributed by atoms with Gasteiger partial charge in [0.2, 0.25) is 0 Å². The van der Waals surface area contributed by atoms with Gasteiger partial charge in [-0.05, 0) is 12.1 Å². The van der Waals surface area contributed by atoms with Gasteiger partial charge in [0.15, 0.2) is 0 Å². The van der Waals surface area contributed by atoms with Crippen LogP contribution in [0.5, 0.6) is 5.75 Å². The third-order valence-electron chi connectivity index (χ3n) is 3.83. The van der Waals surface area contributed by atoms with E-state index in [0.717, 1.165) is 0 Å². The first kappa shape index (κ1) is 15.6. The first-order chi connectivity index (χ1) is 11.1. The maximum absolute atomic E-state index is 11.9. The van der Waals surface area contributed by atoms with Crippen molar-refractivity contribution < 1.29 is 28.9 Å². The van der Waals surface area contributed by atoms with Gasteiger partial charge in [-0.2, -0.15) is 0 Å². The van der Waals surface area contributed by atoms with Gasteiger partial charge in [0.05, 0.1) is 32.6 Å². The van der Waals surface area contributed by atoms with Crippen molar-refractivity contribution in [3.8, 4) is 5.75 Å². The average Bonchev–Trinajstić information content (AvgIpc) is 2.95. The number of methoxy groups -OCH3 is 1. The Bertz CT molecular complexity index is 620. The van der Waals surface area contributed by atoms with Gasteiger partial charge in [0.1, 0.15) is 18.5 Å². The lowest BCUT2D eigenvalue weighted by Crippen LogP contribution is -2.41. The van der Waals surface area contributed by atoms with Crippen LogP contribution in [-0.2, 0) is 14.3 Å². The van der Waals surface area contributed by atoms with Crippen LogP contribution >= 0.6 is 0 Å². The molecule has 0 spiro atoms. The molecular weight excluding hydrogens is 304 g/mol. The summed E-state index contributed by atoms with van der Waals surface area (Å²) in [5.41, 5.74) is 1.23. The number of aliphatic hydroxyl groups excluding tert-OH is 1. The number of hydrogen-bond acceptors (Lipinski definition) is 6. The monoisotopic (exact) mass is 322 g/mol. The summed E-state index contributed by atoms with van der Waals surface area (Å²) in [6.07, 6.45) is -1.08. The van der Waals surface area contributed by atoms with E-state index in [4.69, 9.17) is 19.3 Å². The van der Waals surface area contributed by atoms with Crippen molar-refractivity contribution in [2.75, 3.05) is 49.8 Å². The maximum atomic E-state index is 11.9. The molecule has 2 amide bonds. The second-order valence-corrected chi connectivity index (χ2v) is 5.25. The van der Waals surface area contributed by atoms with Gasteiger partial charge >= 0.3 is 6.09 Å². The van der Waals surface area contributed by atoms with E-state index in [2.05, 4.69) is 0 Å². The highest BCUT2D eigenvalue weighted by Gasteiger charge is 2.34. The molecule has 2 fully saturated rings. The molecule has 1 atom stereocenters. The lowest BCUT2D eigenvalue weighted by molar-refractivity contribution is -0.125. The van der Waals surface area contributed by atoms with Crippen molar-refractivity contribution in [2.24, 2.45) is 0 Å². The number of aliphatic hydroxyl groups is 1. The van der Waals surface area contributed by atoms with E-state index in [0.29, 0.717) is 30.3 Å². The van der Waals surface area contributed by atoms with Crippen LogP contribution in [0.1, 0.15) is 0 Å². The number of benzene rings is 1. The van der Waals surface area contributed by atoms with E-state index in [1.807, 2.05) is 0 Å². The summed E-state index contributed by atoms with van der Waals surface area (Å²) >= 11 is 0. The average molecular weight is 322 g/mol. The highest BCUT2D eigenvalue weighted by molar-refractivity contribution is 5.96. The number of carbonyl (C=O) groups excluding carboxylic acids is 2. The van der Waals surface area contributed by atoms with Crippen LogP contribution in [0, 0.1) is 0 Å². The minimum absolute atomic E-state index is 0.0562. The Morgan fingerprint density at radius 2 is 2.17 bits per heavy atom. The van der Waals surface area contributed by atoms with Gasteiger partial charge in [-0.15, -0.1) is 0 Å². The Morgan fingerprint density at radius 3 is 2.83 bits per heavy atom. The highest BCUT2D eigenvalue weighted by Crippen LogP contribution is 2.35. The maximum Gasteiger partial charge on any atom is 0.414 e. The van der Waals surface area contributed by atoms with Crippen LogP contribution in [-0.4, -0.2) is 63.2 Å². The zero-order valence-corrected chi connectivity index (χ0v) is 12.7. The Morgan fingerprint density at radius 1 is 1.35 bits per heavy atom. The van der Waals surface area contributed by atoms with E-state index in [1.54, 1.807) is 23.1 Å². The van der Waals surface area contributed by atoms with Gasteiger partial charge in [-0.1, -0.05) is 0 Å². The number of nitrogens with zero attached hydrogens (tertiary/aromatic N) is 2. The van der Waals surface area contributed by atoms with Gasteiger partial charge in [0, 0.05) is 18.3 Å². The van der Waals surface area contributed by atoms with Gasteiger partial charge in [-0.3, -0.25) is 9.69 Å². The fraction of sp³-hybridized carbons (Fsp3) is 0.467. The zero-order valence-electron chi connectivity index (χ0n) is 12.7. The van der Waals surface area contributed by atoms with Crippen LogP contribution in [0.4, 0.5) is 16.2 Å². The Balaban J connectivity index is 1.88. The van der Waals surface area contributed by atoms with Crippen molar-refractivity contribution in [3.05, 3.63) is 18.2 Å². The summed E-state index contributed by atoms with van der Waals surface area (Å²) in [4.78, 5) is 26.9. The Labute approximate surface area is 133 Å². The second kappa shape index (κ2) is 6.43. The summed E-state index contributed by atoms with van der Waals surface area (Å²) in [5, 5.41) is 9.13. The highest BCUT2D eigenvalue weighted by atomic mass is 16.6. The van der Waals surface area contributed by atoms with Gasteiger partial charge in [-0.25, -0.2) is 4.79 Å². The molecule has 2 aliphatic heterocycles. The zero-order chi connectivity index (χ0) is 16.4. The molecule has 1 aromatic rings. The molecule has 0 aliphatic carbocycles. The predicted molar refractivity (Wildman–Crippen MR) is 80.9 cm³/mol. The summed E-state index contributed by atoms with van der Waals surface area (Å²) in [7, 11) is 1.49. The third kappa shape index (κ3) is 2.95. The number of rotatable bonds is 4. The molecule has 1 N–H and O–H groups in total. The fourth-order valence-electron chi connectivity index (χ4n) is 2.66. The number of carbonyl (C=O) groups is 2. The molecule has 0 bridgehead atoms. The SMILES string of the molecule is COc1cc(N2CCOCC2=O)ccc1N1CC(CO)OC1=O. The van der Waals surface area contributed by atoms with E-state index < -0.39 is 12.2 Å². The van der Waals surface area contributed by atoms with E-state index in [1.165, 1.54) is 12.0 Å². The van der Waals surface area contributed by atoms with Crippen molar-refractivity contribution in [1.82, 2.24) is 0 Å². The molecule has 2 saturated heterocycles. The Kier molecular flexibility index (Phi) is 4.35. The molecule has 0 saturated carbocycles. The smallest absolute Gasteiger partial charge is 0.414 e. The molecule has 3 rings (SSSR count). The standard InChI is InChI=1S/C15H18N2O6/c1-21-13-6-10(16-4-5-22-9-14(16)19)2-3-12(13)17-7-11(8-18)23-15(17)20/h2-3,6,11,18H,4-5,7-9H2,1H3. The molecule has 8 nitrogen and oxygen atoms in total. The number of anilines is 2. The van der Waals surface area contributed by atoms with Crippen molar-refractivity contribution in [1.29, 1.82) is 0 Å². The van der Waals surface area contributed by atoms with Crippen LogP contribution < -0.4 is 14.5 Å². The summed E-state index contributed by atoms with van der Waals surface area (Å²) in [6.45, 7) is 1.03. The second-order valence-electron chi connectivity index (χ2n) is 5.25. The number of morpholine rings is 1. The summed E-state index contributed by atoms with van der Waals surface area (Å²) in [6, 6.07) is 5.16. The van der Waals surface area contributed by atoms with Crippen LogP contribution in [0.25, 0.3) is 0 Å². The summed E-state index contributed by atoms with van der Waals surface area (Å²) < 4.78 is 15.5. The minimum Gasteiger partial charge on any atom is -0.494 e. The van der Waals surface area contributed by atoms with Crippen molar-refractivity contribution >= 4 is 23.4 Å². The van der Waals surface area contributed by atoms with Crippen molar-refractivity contribution in [2.45, 2.75) is 6.10 Å². The topological polar surface area (TPSA) is 88.5 Å². The third-order valence-corrected chi connectivity index (χ3v) is 3.83. The molecule has 0 radical (unpaired) electrons. The molecule has 8 heteroatoms. The quantitative estimate of drug-likeness (QED) is 0.862. The molecule has 23 heavy (non-hydrogen) atoms. The first-order valence-corrected chi connectivity index (χ1v) is 7.29. The number of cyclic esters (lactones) is 1. The fourth-order valence-corrected chi connectivity index (χ4v) is 2.66. The van der Waals surface area contributed by atoms with Crippen LogP contribution in [0.15, 0.2) is 18.2 Å².